The van der Waals surface area contributed by atoms with E-state index in [-0.39, 0.29) is 18.6 Å². The van der Waals surface area contributed by atoms with Gasteiger partial charge in [0.2, 0.25) is 5.88 Å². The Morgan fingerprint density at radius 3 is 2.83 bits per heavy atom. The summed E-state index contributed by atoms with van der Waals surface area (Å²) < 4.78 is 5.97. The van der Waals surface area contributed by atoms with E-state index in [1.54, 1.807) is 11.3 Å². The third-order valence-corrected chi connectivity index (χ3v) is 6.69. The molecule has 2 aromatic heterocycles. The lowest BCUT2D eigenvalue weighted by Gasteiger charge is -2.27. The van der Waals surface area contributed by atoms with E-state index in [2.05, 4.69) is 16.9 Å². The standard InChI is InChI=1S/C23H27N3O2S/c1-15(2)26(12-17-7-5-4-6-8-17)20(27)13-28-22-21-18-10-9-16(3)11-19(18)29-23(21)25-14-24-22/h4-8,14-16H,9-13H2,1-3H3/t16-/m0/s1. The Hall–Kier alpha value is -2.47. The number of aryl methyl sites for hydroxylation is 1. The molecule has 0 aliphatic heterocycles. The molecular weight excluding hydrogens is 382 g/mol. The van der Waals surface area contributed by atoms with E-state index in [0.29, 0.717) is 18.3 Å². The molecule has 3 aromatic rings. The molecule has 4 rings (SSSR count). The molecule has 0 saturated heterocycles. The highest BCUT2D eigenvalue weighted by atomic mass is 32.1. The van der Waals surface area contributed by atoms with Crippen molar-refractivity contribution in [1.29, 1.82) is 0 Å². The van der Waals surface area contributed by atoms with Crippen LogP contribution in [-0.2, 0) is 24.2 Å². The molecule has 152 valence electrons. The molecule has 1 aromatic carbocycles. The maximum atomic E-state index is 12.9. The van der Waals surface area contributed by atoms with Gasteiger partial charge < -0.3 is 9.64 Å². The number of thiophene rings is 1. The lowest BCUT2D eigenvalue weighted by molar-refractivity contribution is -0.135. The summed E-state index contributed by atoms with van der Waals surface area (Å²) in [6, 6.07) is 10.1. The van der Waals surface area contributed by atoms with Crippen LogP contribution in [0, 0.1) is 5.92 Å². The lowest BCUT2D eigenvalue weighted by atomic mass is 9.89. The van der Waals surface area contributed by atoms with Crippen LogP contribution in [0.25, 0.3) is 10.2 Å². The minimum atomic E-state index is -0.0339. The number of aromatic nitrogens is 2. The van der Waals surface area contributed by atoms with E-state index < -0.39 is 0 Å². The van der Waals surface area contributed by atoms with E-state index in [9.17, 15) is 4.79 Å². The van der Waals surface area contributed by atoms with Gasteiger partial charge in [-0.15, -0.1) is 11.3 Å². The molecule has 1 aliphatic carbocycles. The smallest absolute Gasteiger partial charge is 0.261 e. The maximum absolute atomic E-state index is 12.9. The van der Waals surface area contributed by atoms with Gasteiger partial charge in [-0.3, -0.25) is 4.79 Å². The first-order valence-electron chi connectivity index (χ1n) is 10.2. The normalized spacial score (nSPS) is 16.1. The van der Waals surface area contributed by atoms with Gasteiger partial charge in [0.15, 0.2) is 6.61 Å². The van der Waals surface area contributed by atoms with Crippen LogP contribution in [-0.4, -0.2) is 33.4 Å². The van der Waals surface area contributed by atoms with Crippen molar-refractivity contribution in [2.24, 2.45) is 5.92 Å². The molecule has 29 heavy (non-hydrogen) atoms. The Bertz CT molecular complexity index is 1000. The number of carbonyl (C=O) groups is 1. The van der Waals surface area contributed by atoms with Crippen molar-refractivity contribution in [3.05, 3.63) is 52.7 Å². The number of nitrogens with zero attached hydrogens (tertiary/aromatic N) is 3. The fourth-order valence-electron chi connectivity index (χ4n) is 3.91. The third-order valence-electron chi connectivity index (χ3n) is 5.53. The zero-order valence-electron chi connectivity index (χ0n) is 17.2. The molecule has 0 fully saturated rings. The number of hydrogen-bond donors (Lipinski definition) is 0. The number of rotatable bonds is 6. The second kappa shape index (κ2) is 8.49. The molecule has 0 unspecified atom stereocenters. The fourth-order valence-corrected chi connectivity index (χ4v) is 5.25. The summed E-state index contributed by atoms with van der Waals surface area (Å²) in [4.78, 5) is 25.9. The highest BCUT2D eigenvalue weighted by molar-refractivity contribution is 7.18. The summed E-state index contributed by atoms with van der Waals surface area (Å²) in [6.07, 6.45) is 4.83. The third kappa shape index (κ3) is 4.27. The number of ether oxygens (including phenoxy) is 1. The quantitative estimate of drug-likeness (QED) is 0.595. The number of carbonyl (C=O) groups excluding carboxylic acids is 1. The Morgan fingerprint density at radius 1 is 1.28 bits per heavy atom. The van der Waals surface area contributed by atoms with Crippen molar-refractivity contribution >= 4 is 27.5 Å². The van der Waals surface area contributed by atoms with Crippen molar-refractivity contribution in [1.82, 2.24) is 14.9 Å². The van der Waals surface area contributed by atoms with Gasteiger partial charge in [0.05, 0.1) is 5.39 Å². The van der Waals surface area contributed by atoms with Crippen LogP contribution in [0.3, 0.4) is 0 Å². The molecule has 1 amide bonds. The molecule has 5 nitrogen and oxygen atoms in total. The molecule has 2 heterocycles. The highest BCUT2D eigenvalue weighted by Crippen LogP contribution is 2.40. The summed E-state index contributed by atoms with van der Waals surface area (Å²) in [5.74, 6) is 1.21. The largest absolute Gasteiger partial charge is 0.467 e. The van der Waals surface area contributed by atoms with Gasteiger partial charge >= 0.3 is 0 Å². The number of hydrogen-bond acceptors (Lipinski definition) is 5. The predicted octanol–water partition coefficient (Wildman–Crippen LogP) is 4.63. The Balaban J connectivity index is 1.52. The maximum Gasteiger partial charge on any atom is 0.261 e. The number of fused-ring (bicyclic) bond motifs is 3. The molecule has 1 aliphatic rings. The first-order chi connectivity index (χ1) is 14.0. The van der Waals surface area contributed by atoms with Crippen LogP contribution >= 0.6 is 11.3 Å². The van der Waals surface area contributed by atoms with Gasteiger partial charge in [0, 0.05) is 17.5 Å². The van der Waals surface area contributed by atoms with E-state index in [0.717, 1.165) is 28.6 Å². The molecule has 0 spiro atoms. The van der Waals surface area contributed by atoms with Crippen LogP contribution in [0.5, 0.6) is 5.88 Å². The van der Waals surface area contributed by atoms with Gasteiger partial charge in [-0.2, -0.15) is 0 Å². The van der Waals surface area contributed by atoms with Gasteiger partial charge in [0.1, 0.15) is 11.2 Å². The van der Waals surface area contributed by atoms with Crippen molar-refractivity contribution in [3.63, 3.8) is 0 Å². The molecule has 0 radical (unpaired) electrons. The van der Waals surface area contributed by atoms with Crippen LogP contribution in [0.1, 0.15) is 43.2 Å². The average molecular weight is 410 g/mol. The van der Waals surface area contributed by atoms with Crippen LogP contribution in [0.15, 0.2) is 36.7 Å². The van der Waals surface area contributed by atoms with Crippen LogP contribution in [0.4, 0.5) is 0 Å². The second-order valence-electron chi connectivity index (χ2n) is 8.10. The minimum Gasteiger partial charge on any atom is -0.467 e. The van der Waals surface area contributed by atoms with E-state index >= 15 is 0 Å². The number of benzene rings is 1. The van der Waals surface area contributed by atoms with Crippen molar-refractivity contribution in [3.8, 4) is 5.88 Å². The first kappa shape index (κ1) is 19.8. The Kier molecular flexibility index (Phi) is 5.81. The zero-order valence-corrected chi connectivity index (χ0v) is 18.0. The SMILES string of the molecule is CC(C)N(Cc1ccccc1)C(=O)COc1ncnc2sc3c(c12)CC[C@H](C)C3. The van der Waals surface area contributed by atoms with Crippen molar-refractivity contribution in [2.75, 3.05) is 6.61 Å². The highest BCUT2D eigenvalue weighted by Gasteiger charge is 2.24. The molecule has 1 atom stereocenters. The topological polar surface area (TPSA) is 55.3 Å². The summed E-state index contributed by atoms with van der Waals surface area (Å²) in [5.41, 5.74) is 2.43. The number of amides is 1. The van der Waals surface area contributed by atoms with Gasteiger partial charge in [-0.25, -0.2) is 9.97 Å². The lowest BCUT2D eigenvalue weighted by Crippen LogP contribution is -2.39. The zero-order chi connectivity index (χ0) is 20.4. The minimum absolute atomic E-state index is 0.0157. The molecule has 0 bridgehead atoms. The van der Waals surface area contributed by atoms with Crippen molar-refractivity contribution < 1.29 is 9.53 Å². The molecule has 0 N–H and O–H groups in total. The fraction of sp³-hybridized carbons (Fsp3) is 0.435. The van der Waals surface area contributed by atoms with Gasteiger partial charge in [-0.1, -0.05) is 37.3 Å². The van der Waals surface area contributed by atoms with Crippen LogP contribution in [0.2, 0.25) is 0 Å². The first-order valence-corrected chi connectivity index (χ1v) is 11.1. The van der Waals surface area contributed by atoms with E-state index in [1.807, 2.05) is 49.1 Å². The van der Waals surface area contributed by atoms with E-state index in [1.165, 1.54) is 23.2 Å². The Morgan fingerprint density at radius 2 is 2.07 bits per heavy atom. The molecule has 0 saturated carbocycles. The summed E-state index contributed by atoms with van der Waals surface area (Å²) in [6.45, 7) is 6.91. The van der Waals surface area contributed by atoms with Crippen molar-refractivity contribution in [2.45, 2.75) is 52.6 Å². The van der Waals surface area contributed by atoms with E-state index in [4.69, 9.17) is 4.74 Å². The average Bonchev–Trinajstić information content (AvgIpc) is 3.08. The summed E-state index contributed by atoms with van der Waals surface area (Å²) in [5, 5.41) is 1.01. The van der Waals surface area contributed by atoms with Gasteiger partial charge in [0.25, 0.3) is 5.91 Å². The monoisotopic (exact) mass is 409 g/mol. The molecule has 6 heteroatoms. The predicted molar refractivity (Wildman–Crippen MR) is 116 cm³/mol. The summed E-state index contributed by atoms with van der Waals surface area (Å²) in [7, 11) is 0. The Labute approximate surface area is 175 Å². The summed E-state index contributed by atoms with van der Waals surface area (Å²) >= 11 is 1.74. The second-order valence-corrected chi connectivity index (χ2v) is 9.18. The molecular formula is C23H27N3O2S. The van der Waals surface area contributed by atoms with Gasteiger partial charge in [-0.05, 0) is 50.2 Å². The van der Waals surface area contributed by atoms with Crippen LogP contribution < -0.4 is 4.74 Å².